The third-order valence-corrected chi connectivity index (χ3v) is 1.24. The summed E-state index contributed by atoms with van der Waals surface area (Å²) in [4.78, 5) is 0. The normalized spacial score (nSPS) is 9.80. The van der Waals surface area contributed by atoms with E-state index >= 15 is 0 Å². The molecule has 0 aromatic rings. The van der Waals surface area contributed by atoms with Gasteiger partial charge >= 0.3 is 0 Å². The summed E-state index contributed by atoms with van der Waals surface area (Å²) in [5.41, 5.74) is 1.94. The van der Waals surface area contributed by atoms with Gasteiger partial charge in [-0.2, -0.15) is 0 Å². The van der Waals surface area contributed by atoms with Crippen molar-refractivity contribution in [2.75, 3.05) is 0 Å². The number of rotatable bonds is 3. The lowest BCUT2D eigenvalue weighted by Gasteiger charge is -1.94. The molecule has 54 valence electrons. The minimum absolute atomic E-state index is 0.947. The first kappa shape index (κ1) is 9.39. The van der Waals surface area contributed by atoms with Crippen molar-refractivity contribution < 1.29 is 0 Å². The van der Waals surface area contributed by atoms with Crippen LogP contribution in [0.5, 0.6) is 0 Å². The molecule has 1 heteroatoms. The van der Waals surface area contributed by atoms with Gasteiger partial charge in [0.15, 0.2) is 0 Å². The molecule has 0 amide bonds. The molecule has 0 aliphatic carbocycles. The maximum atomic E-state index is 3.79. The minimum Gasteiger partial charge on any atom is -0.106 e. The van der Waals surface area contributed by atoms with E-state index in [0.29, 0.717) is 0 Å². The lowest BCUT2D eigenvalue weighted by atomic mass is 10.1. The van der Waals surface area contributed by atoms with E-state index in [4.69, 9.17) is 0 Å². The van der Waals surface area contributed by atoms with Gasteiger partial charge in [-0.1, -0.05) is 37.5 Å². The first-order chi connectivity index (χ1) is 4.54. The van der Waals surface area contributed by atoms with Crippen molar-refractivity contribution in [2.45, 2.75) is 6.92 Å². The number of hydrogen-bond donors (Lipinski definition) is 0. The van der Waals surface area contributed by atoms with E-state index in [1.54, 1.807) is 0 Å². The maximum Gasteiger partial charge on any atom is -0.0305 e. The highest BCUT2D eigenvalue weighted by molar-refractivity contribution is 7.22. The Hall–Kier alpha value is -0.610. The molecule has 0 saturated carbocycles. The quantitative estimate of drug-likeness (QED) is 0.430. The van der Waals surface area contributed by atoms with Crippen LogP contribution in [0.2, 0.25) is 0 Å². The zero-order valence-corrected chi connectivity index (χ0v) is 7.51. The molecule has 0 spiro atoms. The predicted octanol–water partition coefficient (Wildman–Crippen LogP) is 3.06. The maximum absolute atomic E-state index is 3.79. The summed E-state index contributed by atoms with van der Waals surface area (Å²) in [6.07, 6.45) is 3.79. The second kappa shape index (κ2) is 4.24. The van der Waals surface area contributed by atoms with Gasteiger partial charge in [0.2, 0.25) is 0 Å². The molecule has 10 heavy (non-hydrogen) atoms. The van der Waals surface area contributed by atoms with Crippen molar-refractivity contribution in [3.63, 3.8) is 0 Å². The first-order valence-electron chi connectivity index (χ1n) is 3.01. The molecule has 0 radical (unpaired) electrons. The van der Waals surface area contributed by atoms with Gasteiger partial charge in [0, 0.05) is 0 Å². The van der Waals surface area contributed by atoms with Crippen LogP contribution in [0.15, 0.2) is 48.3 Å². The second-order valence-corrected chi connectivity index (χ2v) is 2.96. The molecule has 1 atom stereocenters. The van der Waals surface area contributed by atoms with Gasteiger partial charge in [-0.25, -0.2) is 0 Å². The highest BCUT2D eigenvalue weighted by Gasteiger charge is 1.85. The van der Waals surface area contributed by atoms with E-state index in [1.807, 2.05) is 19.1 Å². The summed E-state index contributed by atoms with van der Waals surface area (Å²) in [5.74, 6) is 0. The Morgan fingerprint density at radius 3 is 2.00 bits per heavy atom. The zero-order chi connectivity index (χ0) is 8.15. The van der Waals surface area contributed by atoms with E-state index in [-0.39, 0.29) is 0 Å². The molecule has 0 rings (SSSR count). The molecule has 0 aromatic carbocycles. The molecule has 1 unspecified atom stereocenters. The summed E-state index contributed by atoms with van der Waals surface area (Å²) in [7, 11) is 2.50. The highest BCUT2D eigenvalue weighted by atomic mass is 31.0. The van der Waals surface area contributed by atoms with Crippen LogP contribution in [0.4, 0.5) is 0 Å². The van der Waals surface area contributed by atoms with Crippen LogP contribution >= 0.6 is 9.24 Å². The van der Waals surface area contributed by atoms with Crippen molar-refractivity contribution in [3.8, 4) is 0 Å². The van der Waals surface area contributed by atoms with Crippen molar-refractivity contribution >= 4 is 9.24 Å². The van der Waals surface area contributed by atoms with E-state index < -0.39 is 0 Å². The van der Waals surface area contributed by atoms with E-state index in [2.05, 4.69) is 29.0 Å². The summed E-state index contributed by atoms with van der Waals surface area (Å²) >= 11 is 0. The van der Waals surface area contributed by atoms with Crippen molar-refractivity contribution in [1.29, 1.82) is 0 Å². The smallest absolute Gasteiger partial charge is 0.0305 e. The molecule has 0 saturated heterocycles. The van der Waals surface area contributed by atoms with Gasteiger partial charge in [-0.05, 0) is 17.8 Å². The minimum atomic E-state index is 0.947. The van der Waals surface area contributed by atoms with Crippen molar-refractivity contribution in [2.24, 2.45) is 0 Å². The van der Waals surface area contributed by atoms with Crippen LogP contribution in [0.3, 0.4) is 0 Å². The average molecular weight is 152 g/mol. The monoisotopic (exact) mass is 152 g/mol. The zero-order valence-electron chi connectivity index (χ0n) is 6.35. The van der Waals surface area contributed by atoms with Crippen LogP contribution in [0, 0.1) is 0 Å². The van der Waals surface area contributed by atoms with Gasteiger partial charge in [0.05, 0.1) is 0 Å². The van der Waals surface area contributed by atoms with E-state index in [9.17, 15) is 0 Å². The Balaban J connectivity index is 4.03. The Morgan fingerprint density at radius 2 is 1.70 bits per heavy atom. The molecule has 0 nitrogen and oxygen atoms in total. The van der Waals surface area contributed by atoms with Gasteiger partial charge in [-0.3, -0.25) is 0 Å². The van der Waals surface area contributed by atoms with Crippen molar-refractivity contribution in [1.82, 2.24) is 0 Å². The fourth-order valence-corrected chi connectivity index (χ4v) is 0.446. The van der Waals surface area contributed by atoms with Gasteiger partial charge < -0.3 is 0 Å². The topological polar surface area (TPSA) is 0 Å². The van der Waals surface area contributed by atoms with Crippen LogP contribution in [-0.4, -0.2) is 0 Å². The first-order valence-corrected chi connectivity index (χ1v) is 3.59. The molecular weight excluding hydrogens is 139 g/mol. The SMILES string of the molecule is C=C(P)/C=C\C(=C)C(=C)C. The lowest BCUT2D eigenvalue weighted by molar-refractivity contribution is 1.47. The molecule has 0 N–H and O–H groups in total. The molecule has 0 aromatic heterocycles. The third-order valence-electron chi connectivity index (χ3n) is 1.05. The predicted molar refractivity (Wildman–Crippen MR) is 51.9 cm³/mol. The van der Waals surface area contributed by atoms with Crippen LogP contribution in [0.1, 0.15) is 6.92 Å². The third kappa shape index (κ3) is 4.29. The molecule has 0 fully saturated rings. The van der Waals surface area contributed by atoms with Crippen LogP contribution in [-0.2, 0) is 0 Å². The number of hydrogen-bond acceptors (Lipinski definition) is 0. The Kier molecular flexibility index (Phi) is 3.99. The van der Waals surface area contributed by atoms with Gasteiger partial charge in [-0.15, -0.1) is 9.24 Å². The standard InChI is InChI=1S/C9H13P/c1-7(2)8(3)5-6-9(4)10/h5-6H,1,3-4,10H2,2H3/b6-5-. The highest BCUT2D eigenvalue weighted by Crippen LogP contribution is 2.09. The van der Waals surface area contributed by atoms with Crippen LogP contribution < -0.4 is 0 Å². The molecule has 0 heterocycles. The van der Waals surface area contributed by atoms with Crippen molar-refractivity contribution in [3.05, 3.63) is 48.3 Å². The Morgan fingerprint density at radius 1 is 1.20 bits per heavy atom. The number of allylic oxidation sites excluding steroid dienone is 5. The van der Waals surface area contributed by atoms with E-state index in [0.717, 1.165) is 16.5 Å². The van der Waals surface area contributed by atoms with Gasteiger partial charge in [0.1, 0.15) is 0 Å². The average Bonchev–Trinajstić information content (AvgIpc) is 1.82. The fourth-order valence-electron chi connectivity index (χ4n) is 0.350. The van der Waals surface area contributed by atoms with E-state index in [1.165, 1.54) is 0 Å². The second-order valence-electron chi connectivity index (χ2n) is 2.21. The molecule has 0 aliphatic heterocycles. The summed E-state index contributed by atoms with van der Waals surface area (Å²) in [6, 6.07) is 0. The van der Waals surface area contributed by atoms with Crippen LogP contribution in [0.25, 0.3) is 0 Å². The summed E-state index contributed by atoms with van der Waals surface area (Å²) in [6.45, 7) is 13.2. The fraction of sp³-hybridized carbons (Fsp3) is 0.111. The molecule has 0 aliphatic rings. The lowest BCUT2D eigenvalue weighted by Crippen LogP contribution is -1.73. The molecular formula is C9H13P. The molecule has 0 bridgehead atoms. The summed E-state index contributed by atoms with van der Waals surface area (Å²) < 4.78 is 0. The summed E-state index contributed by atoms with van der Waals surface area (Å²) in [5, 5.41) is 0.947. The van der Waals surface area contributed by atoms with Gasteiger partial charge in [0.25, 0.3) is 0 Å². The Labute approximate surface area is 65.2 Å². The largest absolute Gasteiger partial charge is 0.106 e. The Bertz CT molecular complexity index is 197.